The summed E-state index contributed by atoms with van der Waals surface area (Å²) in [6.07, 6.45) is 1.05. The highest BCUT2D eigenvalue weighted by molar-refractivity contribution is 5.88. The molecule has 1 aliphatic rings. The van der Waals surface area contributed by atoms with Crippen LogP contribution in [0.4, 0.5) is 10.6 Å². The number of rotatable bonds is 7. The number of amides is 2. The van der Waals surface area contributed by atoms with Crippen molar-refractivity contribution in [1.29, 1.82) is 0 Å². The van der Waals surface area contributed by atoms with Gasteiger partial charge >= 0.3 is 6.03 Å². The van der Waals surface area contributed by atoms with Crippen LogP contribution in [0.1, 0.15) is 33.0 Å². The van der Waals surface area contributed by atoms with E-state index in [0.29, 0.717) is 19.6 Å². The van der Waals surface area contributed by atoms with Gasteiger partial charge in [-0.25, -0.2) is 14.8 Å². The number of anilines is 1. The maximum absolute atomic E-state index is 12.4. The smallest absolute Gasteiger partial charge is 0.317 e. The first-order valence-electron chi connectivity index (χ1n) is 11.1. The van der Waals surface area contributed by atoms with Gasteiger partial charge in [0.1, 0.15) is 11.6 Å². The van der Waals surface area contributed by atoms with Crippen LogP contribution in [-0.4, -0.2) is 89.6 Å². The first-order valence-corrected chi connectivity index (χ1v) is 11.1. The van der Waals surface area contributed by atoms with Gasteiger partial charge in [-0.3, -0.25) is 4.90 Å². The molecule has 170 valence electrons. The SMILES string of the molecule is CN(C)CCCNc1nc(CN2CCN(C(=O)NC(C)(C)C)CC2)nc2ccccc12. The maximum Gasteiger partial charge on any atom is 0.317 e. The van der Waals surface area contributed by atoms with Gasteiger partial charge in [0.15, 0.2) is 0 Å². The minimum Gasteiger partial charge on any atom is -0.369 e. The Kier molecular flexibility index (Phi) is 7.67. The number of nitrogens with one attached hydrogen (secondary N) is 2. The highest BCUT2D eigenvalue weighted by Crippen LogP contribution is 2.21. The van der Waals surface area contributed by atoms with Crippen molar-refractivity contribution < 1.29 is 4.79 Å². The molecule has 0 unspecified atom stereocenters. The standard InChI is InChI=1S/C23H37N7O/c1-23(2,3)27-22(31)30-15-13-29(14-16-30)17-20-25-19-10-7-6-9-18(19)21(26-20)24-11-8-12-28(4)5/h6-7,9-10H,8,11-17H2,1-5H3,(H,27,31)(H,24,25,26). The summed E-state index contributed by atoms with van der Waals surface area (Å²) < 4.78 is 0. The molecule has 0 spiro atoms. The fraction of sp³-hybridized carbons (Fsp3) is 0.609. The van der Waals surface area contributed by atoms with E-state index in [2.05, 4.69) is 40.6 Å². The van der Waals surface area contributed by atoms with Gasteiger partial charge < -0.3 is 20.4 Å². The van der Waals surface area contributed by atoms with Crippen molar-refractivity contribution >= 4 is 22.8 Å². The Hall–Kier alpha value is -2.45. The molecule has 3 rings (SSSR count). The topological polar surface area (TPSA) is 76.6 Å². The van der Waals surface area contributed by atoms with Gasteiger partial charge in [-0.15, -0.1) is 0 Å². The molecule has 2 amide bonds. The summed E-state index contributed by atoms with van der Waals surface area (Å²) in [5, 5.41) is 7.61. The summed E-state index contributed by atoms with van der Waals surface area (Å²) in [5.41, 5.74) is 0.745. The minimum absolute atomic E-state index is 0.0123. The number of nitrogens with zero attached hydrogens (tertiary/aromatic N) is 5. The number of aromatic nitrogens is 2. The number of carbonyl (C=O) groups excluding carboxylic acids is 1. The zero-order valence-corrected chi connectivity index (χ0v) is 19.6. The first kappa shape index (κ1) is 23.2. The number of hydrogen-bond donors (Lipinski definition) is 2. The van der Waals surface area contributed by atoms with E-state index in [4.69, 9.17) is 9.97 Å². The Balaban J connectivity index is 1.62. The molecule has 0 atom stereocenters. The Morgan fingerprint density at radius 3 is 2.48 bits per heavy atom. The van der Waals surface area contributed by atoms with Crippen LogP contribution < -0.4 is 10.6 Å². The van der Waals surface area contributed by atoms with Gasteiger partial charge in [0.05, 0.1) is 12.1 Å². The molecule has 8 heteroatoms. The van der Waals surface area contributed by atoms with Gasteiger partial charge in [-0.1, -0.05) is 12.1 Å². The molecule has 1 aromatic carbocycles. The minimum atomic E-state index is -0.219. The average molecular weight is 428 g/mol. The van der Waals surface area contributed by atoms with Gasteiger partial charge in [0, 0.05) is 43.6 Å². The molecule has 0 saturated carbocycles. The van der Waals surface area contributed by atoms with Crippen molar-refractivity contribution in [2.24, 2.45) is 0 Å². The van der Waals surface area contributed by atoms with Crippen molar-refractivity contribution in [1.82, 2.24) is 30.0 Å². The Morgan fingerprint density at radius 1 is 1.10 bits per heavy atom. The Bertz CT molecular complexity index is 870. The predicted molar refractivity (Wildman–Crippen MR) is 126 cm³/mol. The van der Waals surface area contributed by atoms with E-state index in [1.54, 1.807) is 0 Å². The summed E-state index contributed by atoms with van der Waals surface area (Å²) in [6.45, 7) is 11.7. The van der Waals surface area contributed by atoms with Gasteiger partial charge in [0.2, 0.25) is 0 Å². The maximum atomic E-state index is 12.4. The molecular weight excluding hydrogens is 390 g/mol. The normalized spacial score (nSPS) is 15.5. The molecule has 2 heterocycles. The summed E-state index contributed by atoms with van der Waals surface area (Å²) in [6, 6.07) is 8.17. The summed E-state index contributed by atoms with van der Waals surface area (Å²) in [4.78, 5) is 28.4. The van der Waals surface area contributed by atoms with Crippen LogP contribution in [0.15, 0.2) is 24.3 Å². The molecule has 8 nitrogen and oxygen atoms in total. The third kappa shape index (κ3) is 7.04. The quantitative estimate of drug-likeness (QED) is 0.662. The van der Waals surface area contributed by atoms with E-state index in [9.17, 15) is 4.79 Å². The molecule has 2 aromatic rings. The molecule has 1 saturated heterocycles. The third-order valence-electron chi connectivity index (χ3n) is 5.23. The highest BCUT2D eigenvalue weighted by Gasteiger charge is 2.24. The second-order valence-corrected chi connectivity index (χ2v) is 9.53. The van der Waals surface area contributed by atoms with E-state index in [-0.39, 0.29) is 11.6 Å². The number of hydrogen-bond acceptors (Lipinski definition) is 6. The lowest BCUT2D eigenvalue weighted by molar-refractivity contribution is 0.129. The highest BCUT2D eigenvalue weighted by atomic mass is 16.2. The van der Waals surface area contributed by atoms with Gasteiger partial charge in [0.25, 0.3) is 0 Å². The van der Waals surface area contributed by atoms with Crippen molar-refractivity contribution in [2.75, 3.05) is 58.7 Å². The van der Waals surface area contributed by atoms with E-state index >= 15 is 0 Å². The molecule has 0 bridgehead atoms. The molecule has 0 radical (unpaired) electrons. The average Bonchev–Trinajstić information content (AvgIpc) is 2.70. The lowest BCUT2D eigenvalue weighted by Gasteiger charge is -2.36. The van der Waals surface area contributed by atoms with E-state index in [0.717, 1.165) is 55.1 Å². The predicted octanol–water partition coefficient (Wildman–Crippen LogP) is 2.62. The van der Waals surface area contributed by atoms with Crippen LogP contribution in [0.25, 0.3) is 10.9 Å². The van der Waals surface area contributed by atoms with E-state index in [1.165, 1.54) is 0 Å². The molecule has 31 heavy (non-hydrogen) atoms. The third-order valence-corrected chi connectivity index (χ3v) is 5.23. The summed E-state index contributed by atoms with van der Waals surface area (Å²) >= 11 is 0. The second kappa shape index (κ2) is 10.2. The van der Waals surface area contributed by atoms with Crippen LogP contribution in [0, 0.1) is 0 Å². The summed E-state index contributed by atoms with van der Waals surface area (Å²) in [7, 11) is 4.18. The Morgan fingerprint density at radius 2 is 1.81 bits per heavy atom. The van der Waals surface area contributed by atoms with Crippen molar-refractivity contribution in [2.45, 2.75) is 39.3 Å². The molecular formula is C23H37N7O. The fourth-order valence-corrected chi connectivity index (χ4v) is 3.64. The van der Waals surface area contributed by atoms with Crippen LogP contribution in [0.2, 0.25) is 0 Å². The summed E-state index contributed by atoms with van der Waals surface area (Å²) in [5.74, 6) is 1.73. The largest absolute Gasteiger partial charge is 0.369 e. The van der Waals surface area contributed by atoms with Crippen molar-refractivity contribution in [3.8, 4) is 0 Å². The molecule has 0 aliphatic carbocycles. The van der Waals surface area contributed by atoms with Crippen LogP contribution in [0.5, 0.6) is 0 Å². The molecule has 1 aromatic heterocycles. The molecule has 2 N–H and O–H groups in total. The number of piperazine rings is 1. The first-order chi connectivity index (χ1) is 14.7. The monoisotopic (exact) mass is 427 g/mol. The number of benzene rings is 1. The fourth-order valence-electron chi connectivity index (χ4n) is 3.64. The number of urea groups is 1. The lowest BCUT2D eigenvalue weighted by Crippen LogP contribution is -2.54. The van der Waals surface area contributed by atoms with E-state index in [1.807, 2.05) is 43.9 Å². The van der Waals surface area contributed by atoms with E-state index < -0.39 is 0 Å². The Labute approximate surface area is 186 Å². The molecule has 1 aliphatic heterocycles. The van der Waals surface area contributed by atoms with Crippen LogP contribution in [-0.2, 0) is 6.54 Å². The van der Waals surface area contributed by atoms with Gasteiger partial charge in [-0.2, -0.15) is 0 Å². The van der Waals surface area contributed by atoms with Crippen molar-refractivity contribution in [3.63, 3.8) is 0 Å². The zero-order valence-electron chi connectivity index (χ0n) is 19.6. The lowest BCUT2D eigenvalue weighted by atomic mass is 10.1. The number of fused-ring (bicyclic) bond motifs is 1. The number of carbonyl (C=O) groups is 1. The van der Waals surface area contributed by atoms with Gasteiger partial charge in [-0.05, 0) is 60.0 Å². The molecule has 1 fully saturated rings. The second-order valence-electron chi connectivity index (χ2n) is 9.53. The van der Waals surface area contributed by atoms with Crippen LogP contribution >= 0.6 is 0 Å². The van der Waals surface area contributed by atoms with Crippen molar-refractivity contribution in [3.05, 3.63) is 30.1 Å². The van der Waals surface area contributed by atoms with Crippen LogP contribution in [0.3, 0.4) is 0 Å². The zero-order chi connectivity index (χ0) is 22.4. The number of para-hydroxylation sites is 1.